The fraction of sp³-hybridized carbons (Fsp3) is 0.545. The molecule has 1 aliphatic rings. The second-order valence-electron chi connectivity index (χ2n) is 8.91. The number of carbonyl (C=O) groups is 2. The van der Waals surface area contributed by atoms with Crippen LogP contribution in [0.15, 0.2) is 30.5 Å². The Morgan fingerprint density at radius 1 is 1.23 bits per heavy atom. The van der Waals surface area contributed by atoms with E-state index in [2.05, 4.69) is 15.6 Å². The Morgan fingerprint density at radius 3 is 2.40 bits per heavy atom. The van der Waals surface area contributed by atoms with Crippen molar-refractivity contribution in [3.63, 3.8) is 0 Å². The molecule has 1 aliphatic heterocycles. The molecule has 0 aliphatic carbocycles. The number of piperidine rings is 1. The molecule has 3 rings (SSSR count). The summed E-state index contributed by atoms with van der Waals surface area (Å²) in [6, 6.07) is 6.32. The lowest BCUT2D eigenvalue weighted by atomic mass is 9.98. The number of hydrogen-bond acceptors (Lipinski definition) is 5. The Morgan fingerprint density at radius 2 is 1.86 bits per heavy atom. The standard InChI is InChI=1S/C20H29FN6O.C2HF3O2/c1-20(2,22)18-14-27(25-24-18)13-16-4-3-11-26(12-16)19(28)23-10-9-15-5-7-17(21)8-6-15;3-2(4,5)1(6)7/h5-8,14,16H,3-4,9-13,22H2,1-2H3,(H,23,28);(H,6,7). The van der Waals surface area contributed by atoms with E-state index >= 15 is 0 Å². The zero-order chi connectivity index (χ0) is 26.2. The van der Waals surface area contributed by atoms with E-state index in [0.717, 1.165) is 37.2 Å². The lowest BCUT2D eigenvalue weighted by molar-refractivity contribution is -0.192. The first-order valence-corrected chi connectivity index (χ1v) is 11.0. The van der Waals surface area contributed by atoms with Crippen LogP contribution in [-0.2, 0) is 23.3 Å². The quantitative estimate of drug-likeness (QED) is 0.522. The van der Waals surface area contributed by atoms with Gasteiger partial charge >= 0.3 is 18.2 Å². The molecule has 2 heterocycles. The first-order chi connectivity index (χ1) is 16.3. The van der Waals surface area contributed by atoms with E-state index in [1.807, 2.05) is 29.6 Å². The molecule has 2 amide bonds. The Kier molecular flexibility index (Phi) is 9.57. The minimum atomic E-state index is -5.08. The maximum atomic E-state index is 12.9. The van der Waals surface area contributed by atoms with Gasteiger partial charge in [-0.1, -0.05) is 17.3 Å². The number of carbonyl (C=O) groups excluding carboxylic acids is 1. The van der Waals surface area contributed by atoms with Crippen molar-refractivity contribution in [1.82, 2.24) is 25.2 Å². The van der Waals surface area contributed by atoms with Gasteiger partial charge in [-0.05, 0) is 56.7 Å². The summed E-state index contributed by atoms with van der Waals surface area (Å²) in [5.41, 5.74) is 7.32. The molecule has 194 valence electrons. The van der Waals surface area contributed by atoms with Crippen LogP contribution in [0.5, 0.6) is 0 Å². The van der Waals surface area contributed by atoms with Crippen molar-refractivity contribution in [2.75, 3.05) is 19.6 Å². The highest BCUT2D eigenvalue weighted by atomic mass is 19.4. The first-order valence-electron chi connectivity index (χ1n) is 11.0. The molecule has 1 fully saturated rings. The van der Waals surface area contributed by atoms with E-state index in [1.54, 1.807) is 12.1 Å². The van der Waals surface area contributed by atoms with Crippen molar-refractivity contribution in [2.24, 2.45) is 11.7 Å². The molecular weight excluding hydrogens is 472 g/mol. The third-order valence-electron chi connectivity index (χ3n) is 5.30. The van der Waals surface area contributed by atoms with Crippen LogP contribution in [0, 0.1) is 11.7 Å². The number of nitrogens with one attached hydrogen (secondary N) is 1. The topological polar surface area (TPSA) is 126 Å². The van der Waals surface area contributed by atoms with Crippen molar-refractivity contribution < 1.29 is 32.3 Å². The highest BCUT2D eigenvalue weighted by Gasteiger charge is 2.38. The van der Waals surface area contributed by atoms with E-state index in [9.17, 15) is 22.4 Å². The minimum absolute atomic E-state index is 0.0471. The molecule has 1 saturated heterocycles. The molecule has 1 unspecified atom stereocenters. The minimum Gasteiger partial charge on any atom is -0.475 e. The molecule has 0 radical (unpaired) electrons. The van der Waals surface area contributed by atoms with E-state index in [4.69, 9.17) is 15.6 Å². The summed E-state index contributed by atoms with van der Waals surface area (Å²) in [4.78, 5) is 23.2. The normalized spacial score (nSPS) is 16.3. The van der Waals surface area contributed by atoms with Crippen LogP contribution in [0.1, 0.15) is 37.9 Å². The van der Waals surface area contributed by atoms with Crippen LogP contribution in [0.2, 0.25) is 0 Å². The summed E-state index contributed by atoms with van der Waals surface area (Å²) in [5, 5.41) is 18.4. The van der Waals surface area contributed by atoms with Crippen LogP contribution >= 0.6 is 0 Å². The third kappa shape index (κ3) is 9.51. The number of benzene rings is 1. The van der Waals surface area contributed by atoms with Crippen LogP contribution < -0.4 is 11.1 Å². The second-order valence-corrected chi connectivity index (χ2v) is 8.91. The maximum Gasteiger partial charge on any atom is 0.490 e. The number of likely N-dealkylation sites (tertiary alicyclic amines) is 1. The Balaban J connectivity index is 0.000000540. The predicted molar refractivity (Wildman–Crippen MR) is 119 cm³/mol. The largest absolute Gasteiger partial charge is 0.490 e. The van der Waals surface area contributed by atoms with Crippen molar-refractivity contribution in [3.8, 4) is 0 Å². The highest BCUT2D eigenvalue weighted by molar-refractivity contribution is 5.74. The molecule has 13 heteroatoms. The van der Waals surface area contributed by atoms with Crippen LogP contribution in [0.25, 0.3) is 0 Å². The molecular formula is C22H30F4N6O3. The molecule has 1 aromatic heterocycles. The van der Waals surface area contributed by atoms with Crippen molar-refractivity contribution >= 4 is 12.0 Å². The number of carboxylic acids is 1. The monoisotopic (exact) mass is 502 g/mol. The summed E-state index contributed by atoms with van der Waals surface area (Å²) < 4.78 is 46.5. The zero-order valence-electron chi connectivity index (χ0n) is 19.6. The summed E-state index contributed by atoms with van der Waals surface area (Å²) >= 11 is 0. The number of urea groups is 1. The summed E-state index contributed by atoms with van der Waals surface area (Å²) in [6.07, 6.45) is -0.484. The van der Waals surface area contributed by atoms with Crippen molar-refractivity contribution in [2.45, 2.75) is 51.4 Å². The van der Waals surface area contributed by atoms with Gasteiger partial charge in [-0.15, -0.1) is 5.10 Å². The van der Waals surface area contributed by atoms with Gasteiger partial charge in [-0.3, -0.25) is 4.68 Å². The Labute approximate surface area is 200 Å². The molecule has 4 N–H and O–H groups in total. The number of nitrogens with zero attached hydrogens (tertiary/aromatic N) is 4. The summed E-state index contributed by atoms with van der Waals surface area (Å²) in [5.74, 6) is -2.67. The third-order valence-corrected chi connectivity index (χ3v) is 5.30. The molecule has 1 atom stereocenters. The highest BCUT2D eigenvalue weighted by Crippen LogP contribution is 2.19. The summed E-state index contributed by atoms with van der Waals surface area (Å²) in [7, 11) is 0. The molecule has 35 heavy (non-hydrogen) atoms. The van der Waals surface area contributed by atoms with Gasteiger partial charge in [0.1, 0.15) is 11.5 Å². The SMILES string of the molecule is CC(C)(N)c1cn(CC2CCCN(C(=O)NCCc3ccc(F)cc3)C2)nn1.O=C(O)C(F)(F)F. The zero-order valence-corrected chi connectivity index (χ0v) is 19.6. The van der Waals surface area contributed by atoms with Gasteiger partial charge in [0.25, 0.3) is 0 Å². The number of aliphatic carboxylic acids is 1. The van der Waals surface area contributed by atoms with Gasteiger partial charge in [0.15, 0.2) is 0 Å². The van der Waals surface area contributed by atoms with Crippen molar-refractivity contribution in [3.05, 3.63) is 47.5 Å². The van der Waals surface area contributed by atoms with Crippen LogP contribution in [0.3, 0.4) is 0 Å². The average Bonchev–Trinajstić information content (AvgIpc) is 3.24. The van der Waals surface area contributed by atoms with Crippen LogP contribution in [-0.4, -0.2) is 62.8 Å². The van der Waals surface area contributed by atoms with E-state index in [0.29, 0.717) is 25.4 Å². The fourth-order valence-corrected chi connectivity index (χ4v) is 3.42. The number of halogens is 4. The smallest absolute Gasteiger partial charge is 0.475 e. The average molecular weight is 503 g/mol. The van der Waals surface area contributed by atoms with Gasteiger partial charge in [0.2, 0.25) is 0 Å². The Bertz CT molecular complexity index is 973. The van der Waals surface area contributed by atoms with Gasteiger partial charge in [-0.25, -0.2) is 14.0 Å². The lowest BCUT2D eigenvalue weighted by Gasteiger charge is -2.32. The molecule has 2 aromatic rings. The molecule has 9 nitrogen and oxygen atoms in total. The summed E-state index contributed by atoms with van der Waals surface area (Å²) in [6.45, 7) is 6.52. The number of carboxylic acid groups (broad SMARTS) is 1. The van der Waals surface area contributed by atoms with E-state index in [1.165, 1.54) is 12.1 Å². The number of amides is 2. The number of nitrogens with two attached hydrogens (primary N) is 1. The van der Waals surface area contributed by atoms with Crippen LogP contribution in [0.4, 0.5) is 22.4 Å². The first kappa shape index (κ1) is 28.0. The number of hydrogen-bond donors (Lipinski definition) is 3. The fourth-order valence-electron chi connectivity index (χ4n) is 3.42. The van der Waals surface area contributed by atoms with Crippen molar-refractivity contribution in [1.29, 1.82) is 0 Å². The van der Waals surface area contributed by atoms with E-state index < -0.39 is 17.7 Å². The van der Waals surface area contributed by atoms with Gasteiger partial charge in [-0.2, -0.15) is 13.2 Å². The molecule has 0 spiro atoms. The van der Waals surface area contributed by atoms with Gasteiger partial charge in [0.05, 0.1) is 11.7 Å². The molecule has 0 saturated carbocycles. The van der Waals surface area contributed by atoms with E-state index in [-0.39, 0.29) is 11.8 Å². The molecule has 0 bridgehead atoms. The maximum absolute atomic E-state index is 12.9. The number of alkyl halides is 3. The lowest BCUT2D eigenvalue weighted by Crippen LogP contribution is -2.46. The number of rotatable bonds is 6. The number of aromatic nitrogens is 3. The predicted octanol–water partition coefficient (Wildman–Crippen LogP) is 2.91. The Hall–Kier alpha value is -3.22. The van der Waals surface area contributed by atoms with Gasteiger partial charge < -0.3 is 21.1 Å². The molecule has 1 aromatic carbocycles. The van der Waals surface area contributed by atoms with Gasteiger partial charge in [0, 0.05) is 26.2 Å². The second kappa shape index (κ2) is 12.0.